The highest BCUT2D eigenvalue weighted by Crippen LogP contribution is 2.50. The van der Waals surface area contributed by atoms with Crippen molar-refractivity contribution in [2.75, 3.05) is 13.3 Å². The van der Waals surface area contributed by atoms with Crippen molar-refractivity contribution >= 4 is 37.9 Å². The number of hydrogen-bond donors (Lipinski definition) is 0. The number of ether oxygens (including phenoxy) is 1. The normalized spacial score (nSPS) is 26.5. The van der Waals surface area contributed by atoms with Gasteiger partial charge in [0.05, 0.1) is 12.4 Å². The van der Waals surface area contributed by atoms with Crippen molar-refractivity contribution in [3.8, 4) is 0 Å². The molecule has 3 unspecified atom stereocenters. The highest BCUT2D eigenvalue weighted by atomic mass is 31.1. The minimum Gasteiger partial charge on any atom is -0.465 e. The van der Waals surface area contributed by atoms with Gasteiger partial charge < -0.3 is 9.26 Å². The van der Waals surface area contributed by atoms with Crippen molar-refractivity contribution < 1.29 is 18.8 Å². The largest absolute Gasteiger partial charge is 0.465 e. The van der Waals surface area contributed by atoms with Crippen molar-refractivity contribution in [3.05, 3.63) is 82.8 Å². The number of carbonyl (C=O) groups excluding carboxylic acids is 2. The zero-order valence-corrected chi connectivity index (χ0v) is 18.7. The third kappa shape index (κ3) is 3.48. The third-order valence-electron chi connectivity index (χ3n) is 5.84. The van der Waals surface area contributed by atoms with Gasteiger partial charge in [-0.3, -0.25) is 9.59 Å². The summed E-state index contributed by atoms with van der Waals surface area (Å²) in [5.41, 5.74) is 3.61. The molecule has 0 saturated heterocycles. The third-order valence-corrected chi connectivity index (χ3v) is 8.99. The van der Waals surface area contributed by atoms with E-state index in [4.69, 9.17) is 9.26 Å². The SMILES string of the molecule is CP1Cc2cc3ccccc3cc2C(=O)P(C)OC2CC3=C(C=C2C1=O)OC=CC3. The molecule has 0 bridgehead atoms. The number of fused-ring (bicyclic) bond motifs is 3. The van der Waals surface area contributed by atoms with E-state index in [1.54, 1.807) is 6.26 Å². The van der Waals surface area contributed by atoms with Gasteiger partial charge in [0.2, 0.25) is 5.52 Å². The van der Waals surface area contributed by atoms with Crippen LogP contribution in [0.1, 0.15) is 28.8 Å². The van der Waals surface area contributed by atoms with Crippen molar-refractivity contribution in [3.63, 3.8) is 0 Å². The van der Waals surface area contributed by atoms with Gasteiger partial charge in [-0.05, 0) is 67.8 Å². The summed E-state index contributed by atoms with van der Waals surface area (Å²) in [6.07, 6.45) is 7.11. The van der Waals surface area contributed by atoms with Gasteiger partial charge in [0.15, 0.2) is 5.52 Å². The van der Waals surface area contributed by atoms with E-state index in [1.807, 2.05) is 55.8 Å². The topological polar surface area (TPSA) is 52.6 Å². The Labute approximate surface area is 178 Å². The second kappa shape index (κ2) is 7.85. The fourth-order valence-corrected chi connectivity index (χ4v) is 7.03. The second-order valence-electron chi connectivity index (χ2n) is 7.88. The quantitative estimate of drug-likeness (QED) is 0.471. The Morgan fingerprint density at radius 3 is 2.60 bits per heavy atom. The fraction of sp³-hybridized carbons (Fsp3) is 0.250. The fourth-order valence-electron chi connectivity index (χ4n) is 4.25. The Morgan fingerprint density at radius 2 is 1.80 bits per heavy atom. The standard InChI is InChI=1S/C24H22O4P2/c1-29-14-18-10-15-6-3-4-7-16(15)11-19(18)24(26)30(2)28-22-12-17-8-5-9-27-21(17)13-20(22)23(29)25/h3-7,9-11,13,22H,8,12,14H2,1-2H3. The summed E-state index contributed by atoms with van der Waals surface area (Å²) in [7, 11) is -2.37. The van der Waals surface area contributed by atoms with E-state index in [-0.39, 0.29) is 17.2 Å². The first kappa shape index (κ1) is 19.8. The number of carbonyl (C=O) groups is 2. The molecule has 1 aliphatic carbocycles. The molecule has 0 amide bonds. The molecule has 0 fully saturated rings. The van der Waals surface area contributed by atoms with Gasteiger partial charge in [0.25, 0.3) is 0 Å². The molecule has 5 rings (SSSR count). The summed E-state index contributed by atoms with van der Waals surface area (Å²) >= 11 is 0. The van der Waals surface area contributed by atoms with E-state index in [2.05, 4.69) is 6.07 Å². The number of rotatable bonds is 0. The molecule has 30 heavy (non-hydrogen) atoms. The summed E-state index contributed by atoms with van der Waals surface area (Å²) < 4.78 is 12.0. The molecule has 4 nitrogen and oxygen atoms in total. The summed E-state index contributed by atoms with van der Waals surface area (Å²) in [5.74, 6) is 0.763. The Kier molecular flexibility index (Phi) is 5.19. The first-order chi connectivity index (χ1) is 14.5. The molecule has 0 aromatic heterocycles. The van der Waals surface area contributed by atoms with Crippen molar-refractivity contribution in [1.29, 1.82) is 0 Å². The zero-order valence-electron chi connectivity index (χ0n) is 16.9. The molecule has 2 aromatic rings. The van der Waals surface area contributed by atoms with Crippen LogP contribution in [-0.4, -0.2) is 30.5 Å². The molecule has 2 heterocycles. The van der Waals surface area contributed by atoms with Gasteiger partial charge in [-0.25, -0.2) is 0 Å². The second-order valence-corrected chi connectivity index (χ2v) is 11.6. The highest BCUT2D eigenvalue weighted by molar-refractivity contribution is 7.74. The molecular formula is C24H22O4P2. The highest BCUT2D eigenvalue weighted by Gasteiger charge is 2.36. The Morgan fingerprint density at radius 1 is 1.03 bits per heavy atom. The lowest BCUT2D eigenvalue weighted by atomic mass is 9.92. The van der Waals surface area contributed by atoms with E-state index in [9.17, 15) is 9.59 Å². The van der Waals surface area contributed by atoms with Gasteiger partial charge in [-0.2, -0.15) is 0 Å². The average Bonchev–Trinajstić information content (AvgIpc) is 2.76. The van der Waals surface area contributed by atoms with E-state index in [1.165, 1.54) is 0 Å². The van der Waals surface area contributed by atoms with Crippen LogP contribution in [0.5, 0.6) is 0 Å². The van der Waals surface area contributed by atoms with E-state index >= 15 is 0 Å². The van der Waals surface area contributed by atoms with E-state index < -0.39 is 16.1 Å². The first-order valence-corrected chi connectivity index (χ1v) is 13.7. The van der Waals surface area contributed by atoms with Crippen molar-refractivity contribution in [2.24, 2.45) is 0 Å². The molecule has 0 radical (unpaired) electrons. The van der Waals surface area contributed by atoms with Crippen LogP contribution in [0.15, 0.2) is 71.7 Å². The van der Waals surface area contributed by atoms with Crippen LogP contribution in [0, 0.1) is 0 Å². The van der Waals surface area contributed by atoms with Crippen molar-refractivity contribution in [1.82, 2.24) is 0 Å². The van der Waals surface area contributed by atoms with Crippen LogP contribution < -0.4 is 0 Å². The zero-order chi connectivity index (χ0) is 20.8. The van der Waals surface area contributed by atoms with Crippen LogP contribution in [0.4, 0.5) is 0 Å². The maximum absolute atomic E-state index is 13.4. The van der Waals surface area contributed by atoms with Crippen LogP contribution in [0.25, 0.3) is 10.8 Å². The van der Waals surface area contributed by atoms with Gasteiger partial charge >= 0.3 is 0 Å². The molecule has 2 aromatic carbocycles. The molecule has 0 spiro atoms. The van der Waals surface area contributed by atoms with Gasteiger partial charge in [0.1, 0.15) is 13.9 Å². The van der Waals surface area contributed by atoms with Gasteiger partial charge in [-0.1, -0.05) is 30.3 Å². The minimum absolute atomic E-state index is 0.0439. The monoisotopic (exact) mass is 436 g/mol. The molecule has 152 valence electrons. The van der Waals surface area contributed by atoms with Crippen LogP contribution >= 0.6 is 16.1 Å². The maximum atomic E-state index is 13.4. The number of benzene rings is 2. The van der Waals surface area contributed by atoms with Crippen LogP contribution in [0.3, 0.4) is 0 Å². The molecule has 0 saturated carbocycles. The average molecular weight is 436 g/mol. The summed E-state index contributed by atoms with van der Waals surface area (Å²) in [6, 6.07) is 12.1. The first-order valence-electron chi connectivity index (χ1n) is 9.98. The lowest BCUT2D eigenvalue weighted by Crippen LogP contribution is -2.26. The Bertz CT molecular complexity index is 1160. The molecule has 0 N–H and O–H groups in total. The minimum atomic E-state index is -1.38. The Balaban J connectivity index is 1.60. The van der Waals surface area contributed by atoms with Gasteiger partial charge in [0, 0.05) is 23.7 Å². The number of hydrogen-bond acceptors (Lipinski definition) is 4. The maximum Gasteiger partial charge on any atom is 0.211 e. The lowest BCUT2D eigenvalue weighted by Gasteiger charge is -2.32. The molecular weight excluding hydrogens is 414 g/mol. The predicted octanol–water partition coefficient (Wildman–Crippen LogP) is 6.06. The van der Waals surface area contributed by atoms with Crippen molar-refractivity contribution in [2.45, 2.75) is 25.1 Å². The van der Waals surface area contributed by atoms with E-state index in [0.29, 0.717) is 23.7 Å². The smallest absolute Gasteiger partial charge is 0.211 e. The molecule has 3 aliphatic rings. The summed E-state index contributed by atoms with van der Waals surface area (Å²) in [6.45, 7) is 3.86. The predicted molar refractivity (Wildman–Crippen MR) is 122 cm³/mol. The molecule has 6 heteroatoms. The summed E-state index contributed by atoms with van der Waals surface area (Å²) in [5, 5.41) is 2.13. The lowest BCUT2D eigenvalue weighted by molar-refractivity contribution is -0.109. The number of allylic oxidation sites excluding steroid dienone is 2. The molecule has 3 atom stereocenters. The van der Waals surface area contributed by atoms with E-state index in [0.717, 1.165) is 34.1 Å². The van der Waals surface area contributed by atoms with Crippen LogP contribution in [0.2, 0.25) is 0 Å². The Hall–Kier alpha value is -2.12. The molecule has 2 aliphatic heterocycles. The summed E-state index contributed by atoms with van der Waals surface area (Å²) in [4.78, 5) is 26.8. The van der Waals surface area contributed by atoms with Gasteiger partial charge in [-0.15, -0.1) is 0 Å². The van der Waals surface area contributed by atoms with Crippen LogP contribution in [-0.2, 0) is 20.2 Å².